The summed E-state index contributed by atoms with van der Waals surface area (Å²) in [5.41, 5.74) is 0.986. The minimum absolute atomic E-state index is 0.0160. The second-order valence-electron chi connectivity index (χ2n) is 3.88. The van der Waals surface area contributed by atoms with Crippen molar-refractivity contribution in [2.45, 2.75) is 18.4 Å². The smallest absolute Gasteiger partial charge is 0.230 e. The van der Waals surface area contributed by atoms with Crippen LogP contribution in [-0.2, 0) is 11.3 Å². The number of carbonyl (C=O) groups excluding carboxylic acids is 1. The highest BCUT2D eigenvalue weighted by atomic mass is 35.5. The molecular weight excluding hydrogens is 300 g/mol. The number of amides is 1. The Bertz CT molecular complexity index is 571. The van der Waals surface area contributed by atoms with Gasteiger partial charge in [-0.1, -0.05) is 23.7 Å². The van der Waals surface area contributed by atoms with Crippen LogP contribution in [0.25, 0.3) is 0 Å². The summed E-state index contributed by atoms with van der Waals surface area (Å²) < 4.78 is 0. The van der Waals surface area contributed by atoms with Crippen molar-refractivity contribution in [3.8, 4) is 0 Å². The molecule has 3 nitrogen and oxygen atoms in total. The first-order chi connectivity index (χ1) is 9.15. The van der Waals surface area contributed by atoms with Crippen molar-refractivity contribution < 1.29 is 4.79 Å². The van der Waals surface area contributed by atoms with Crippen LogP contribution in [0.5, 0.6) is 0 Å². The van der Waals surface area contributed by atoms with Crippen molar-refractivity contribution in [3.63, 3.8) is 0 Å². The fraction of sp³-hybridized carbons (Fsp3) is 0.231. The molecule has 1 N–H and O–H groups in total. The lowest BCUT2D eigenvalue weighted by Crippen LogP contribution is -2.24. The third-order valence-corrected chi connectivity index (χ3v) is 4.78. The Morgan fingerprint density at radius 1 is 1.47 bits per heavy atom. The normalized spacial score (nSPS) is 10.4. The van der Waals surface area contributed by atoms with Crippen molar-refractivity contribution in [2.75, 3.05) is 5.75 Å². The number of nitrogens with one attached hydrogen (secondary N) is 1. The molecule has 1 heterocycles. The number of aromatic nitrogens is 1. The molecule has 1 amide bonds. The lowest BCUT2D eigenvalue weighted by Gasteiger charge is -2.04. The van der Waals surface area contributed by atoms with Crippen molar-refractivity contribution in [1.82, 2.24) is 10.3 Å². The summed E-state index contributed by atoms with van der Waals surface area (Å²) in [6, 6.07) is 7.51. The van der Waals surface area contributed by atoms with Crippen LogP contribution in [0.3, 0.4) is 0 Å². The number of carbonyl (C=O) groups is 1. The number of halogens is 1. The van der Waals surface area contributed by atoms with Crippen LogP contribution in [0.15, 0.2) is 34.5 Å². The zero-order chi connectivity index (χ0) is 13.7. The molecule has 0 spiro atoms. The zero-order valence-corrected chi connectivity index (χ0v) is 12.7. The van der Waals surface area contributed by atoms with Crippen molar-refractivity contribution >= 4 is 40.6 Å². The summed E-state index contributed by atoms with van der Waals surface area (Å²) >= 11 is 9.01. The lowest BCUT2D eigenvalue weighted by atomic mass is 10.4. The fourth-order valence-corrected chi connectivity index (χ4v) is 3.19. The first-order valence-electron chi connectivity index (χ1n) is 5.70. The van der Waals surface area contributed by atoms with Crippen LogP contribution in [0.2, 0.25) is 5.02 Å². The van der Waals surface area contributed by atoms with E-state index in [0.717, 1.165) is 15.6 Å². The minimum Gasteiger partial charge on any atom is -0.349 e. The number of aryl methyl sites for hydroxylation is 1. The van der Waals surface area contributed by atoms with E-state index in [4.69, 9.17) is 11.6 Å². The predicted octanol–water partition coefficient (Wildman–Crippen LogP) is 3.51. The number of hydrogen-bond acceptors (Lipinski definition) is 4. The van der Waals surface area contributed by atoms with Gasteiger partial charge in [0.2, 0.25) is 5.91 Å². The van der Waals surface area contributed by atoms with E-state index in [0.29, 0.717) is 17.3 Å². The Balaban J connectivity index is 1.77. The molecule has 1 aromatic carbocycles. The molecule has 0 unspecified atom stereocenters. The third-order valence-electron chi connectivity index (χ3n) is 2.30. The molecule has 0 radical (unpaired) electrons. The Kier molecular flexibility index (Phi) is 5.24. The van der Waals surface area contributed by atoms with Gasteiger partial charge in [0.15, 0.2) is 0 Å². The van der Waals surface area contributed by atoms with Gasteiger partial charge in [-0.15, -0.1) is 23.1 Å². The van der Waals surface area contributed by atoms with E-state index in [-0.39, 0.29) is 5.91 Å². The molecule has 0 fully saturated rings. The van der Waals surface area contributed by atoms with Crippen LogP contribution < -0.4 is 5.32 Å². The maximum Gasteiger partial charge on any atom is 0.230 e. The number of benzene rings is 1. The second-order valence-corrected chi connectivity index (χ2v) is 6.25. The molecule has 100 valence electrons. The van der Waals surface area contributed by atoms with Gasteiger partial charge in [0.05, 0.1) is 17.3 Å². The largest absolute Gasteiger partial charge is 0.349 e. The zero-order valence-electron chi connectivity index (χ0n) is 10.4. The molecule has 2 aromatic rings. The standard InChI is InChI=1S/C13H13ClN2OS2/c1-9-7-19-13(16-9)6-15-12(17)8-18-11-5-3-2-4-10(11)14/h2-5,7H,6,8H2,1H3,(H,15,17). The number of thioether (sulfide) groups is 1. The van der Waals surface area contributed by atoms with Crippen molar-refractivity contribution in [2.24, 2.45) is 0 Å². The molecule has 0 bridgehead atoms. The SMILES string of the molecule is Cc1csc(CNC(=O)CSc2ccccc2Cl)n1. The number of nitrogens with zero attached hydrogens (tertiary/aromatic N) is 1. The molecule has 6 heteroatoms. The molecule has 0 aliphatic carbocycles. The summed E-state index contributed by atoms with van der Waals surface area (Å²) in [5, 5.41) is 6.42. The van der Waals surface area contributed by atoms with Gasteiger partial charge >= 0.3 is 0 Å². The van der Waals surface area contributed by atoms with Gasteiger partial charge in [0, 0.05) is 16.0 Å². The Labute approximate surface area is 125 Å². The topological polar surface area (TPSA) is 42.0 Å². The molecule has 0 atom stereocenters. The average Bonchev–Trinajstić information content (AvgIpc) is 2.81. The van der Waals surface area contributed by atoms with Gasteiger partial charge in [-0.2, -0.15) is 0 Å². The molecule has 0 aliphatic heterocycles. The maximum absolute atomic E-state index is 11.7. The molecule has 0 aliphatic rings. The van der Waals surface area contributed by atoms with Gasteiger partial charge < -0.3 is 5.32 Å². The Hall–Kier alpha value is -1.04. The molecule has 0 saturated heterocycles. The van der Waals surface area contributed by atoms with Gasteiger partial charge in [-0.3, -0.25) is 4.79 Å². The van der Waals surface area contributed by atoms with Gasteiger partial charge in [0.1, 0.15) is 5.01 Å². The van der Waals surface area contributed by atoms with Gasteiger partial charge in [-0.25, -0.2) is 4.98 Å². The van der Waals surface area contributed by atoms with Crippen LogP contribution in [0.4, 0.5) is 0 Å². The Morgan fingerprint density at radius 2 is 2.26 bits per heavy atom. The van der Waals surface area contributed by atoms with Crippen molar-refractivity contribution in [1.29, 1.82) is 0 Å². The highest BCUT2D eigenvalue weighted by molar-refractivity contribution is 8.00. The van der Waals surface area contributed by atoms with Crippen molar-refractivity contribution in [3.05, 3.63) is 45.4 Å². The highest BCUT2D eigenvalue weighted by Crippen LogP contribution is 2.26. The number of rotatable bonds is 5. The summed E-state index contributed by atoms with van der Waals surface area (Å²) in [6.45, 7) is 2.43. The second kappa shape index (κ2) is 6.93. The molecular formula is C13H13ClN2OS2. The number of hydrogen-bond donors (Lipinski definition) is 1. The first kappa shape index (κ1) is 14.4. The predicted molar refractivity (Wildman–Crippen MR) is 80.9 cm³/mol. The van der Waals surface area contributed by atoms with Crippen LogP contribution in [-0.4, -0.2) is 16.6 Å². The Morgan fingerprint density at radius 3 is 2.95 bits per heavy atom. The third kappa shape index (κ3) is 4.53. The van der Waals surface area contributed by atoms with Gasteiger partial charge in [0.25, 0.3) is 0 Å². The first-order valence-corrected chi connectivity index (χ1v) is 7.94. The van der Waals surface area contributed by atoms with E-state index in [1.54, 1.807) is 11.3 Å². The fourth-order valence-electron chi connectivity index (χ4n) is 1.41. The van der Waals surface area contributed by atoms with E-state index in [2.05, 4.69) is 10.3 Å². The summed E-state index contributed by atoms with van der Waals surface area (Å²) in [4.78, 5) is 16.9. The lowest BCUT2D eigenvalue weighted by molar-refractivity contribution is -0.118. The van der Waals surface area contributed by atoms with Gasteiger partial charge in [-0.05, 0) is 19.1 Å². The minimum atomic E-state index is -0.0160. The summed E-state index contributed by atoms with van der Waals surface area (Å²) in [7, 11) is 0. The van der Waals surface area contributed by atoms with Crippen LogP contribution >= 0.6 is 34.7 Å². The van der Waals surface area contributed by atoms with E-state index in [9.17, 15) is 4.79 Å². The molecule has 2 rings (SSSR count). The van der Waals surface area contributed by atoms with E-state index in [1.807, 2.05) is 36.6 Å². The van der Waals surface area contributed by atoms with Crippen LogP contribution in [0.1, 0.15) is 10.7 Å². The number of thiazole rings is 1. The molecule has 1 aromatic heterocycles. The monoisotopic (exact) mass is 312 g/mol. The molecule has 19 heavy (non-hydrogen) atoms. The highest BCUT2D eigenvalue weighted by Gasteiger charge is 2.06. The average molecular weight is 313 g/mol. The van der Waals surface area contributed by atoms with E-state index < -0.39 is 0 Å². The maximum atomic E-state index is 11.7. The quantitative estimate of drug-likeness (QED) is 0.859. The summed E-state index contributed by atoms with van der Waals surface area (Å²) in [5.74, 6) is 0.339. The summed E-state index contributed by atoms with van der Waals surface area (Å²) in [6.07, 6.45) is 0. The van der Waals surface area contributed by atoms with E-state index >= 15 is 0 Å². The van der Waals surface area contributed by atoms with Crippen LogP contribution in [0, 0.1) is 6.92 Å². The van der Waals surface area contributed by atoms with E-state index in [1.165, 1.54) is 11.8 Å². The molecule has 0 saturated carbocycles.